The number of anilines is 2. The summed E-state index contributed by atoms with van der Waals surface area (Å²) in [5.41, 5.74) is 1.00. The van der Waals surface area contributed by atoms with Crippen LogP contribution < -0.4 is 10.2 Å². The summed E-state index contributed by atoms with van der Waals surface area (Å²) >= 11 is 0. The van der Waals surface area contributed by atoms with E-state index in [4.69, 9.17) is 9.72 Å². The highest BCUT2D eigenvalue weighted by Gasteiger charge is 2.37. The number of hydrogen-bond donors (Lipinski definition) is 1. The normalized spacial score (nSPS) is 20.4. The smallest absolute Gasteiger partial charge is 0.296 e. The van der Waals surface area contributed by atoms with Crippen molar-refractivity contribution in [1.29, 1.82) is 0 Å². The number of nitrogens with one attached hydrogen (secondary N) is 1. The third-order valence-corrected chi connectivity index (χ3v) is 7.86. The Morgan fingerprint density at radius 2 is 1.90 bits per heavy atom. The number of morpholine rings is 1. The largest absolute Gasteiger partial charge is 0.378 e. The van der Waals surface area contributed by atoms with Crippen molar-refractivity contribution in [1.82, 2.24) is 29.3 Å². The molecule has 1 N–H and O–H groups in total. The SMILES string of the molecule is CN1CCC(C(=O)N2CC(CNc3cc(-n4c(C(F)F)nc5ccccc54)nc(N4CCOCC4)n3)C2)CC1=O. The van der Waals surface area contributed by atoms with E-state index in [1.165, 1.54) is 4.57 Å². The van der Waals surface area contributed by atoms with Crippen molar-refractivity contribution in [2.75, 3.05) is 69.7 Å². The summed E-state index contributed by atoms with van der Waals surface area (Å²) in [6, 6.07) is 8.65. The monoisotopic (exact) mass is 554 g/mol. The van der Waals surface area contributed by atoms with Crippen LogP contribution in [0.15, 0.2) is 30.3 Å². The van der Waals surface area contributed by atoms with E-state index < -0.39 is 6.43 Å². The number of imidazole rings is 1. The molecule has 0 aliphatic carbocycles. The molecule has 5 heterocycles. The zero-order chi connectivity index (χ0) is 27.8. The van der Waals surface area contributed by atoms with Crippen molar-refractivity contribution in [2.45, 2.75) is 19.3 Å². The number of para-hydroxylation sites is 2. The third kappa shape index (κ3) is 5.17. The lowest BCUT2D eigenvalue weighted by atomic mass is 9.91. The van der Waals surface area contributed by atoms with Gasteiger partial charge in [-0.15, -0.1) is 0 Å². The Morgan fingerprint density at radius 3 is 2.65 bits per heavy atom. The molecule has 212 valence electrons. The van der Waals surface area contributed by atoms with Gasteiger partial charge in [0.05, 0.1) is 24.2 Å². The summed E-state index contributed by atoms with van der Waals surface area (Å²) in [6.07, 6.45) is -1.83. The van der Waals surface area contributed by atoms with Crippen LogP contribution in [0.3, 0.4) is 0 Å². The first-order valence-corrected chi connectivity index (χ1v) is 13.6. The molecular weight excluding hydrogens is 522 g/mol. The highest BCUT2D eigenvalue weighted by atomic mass is 19.3. The van der Waals surface area contributed by atoms with Crippen molar-refractivity contribution in [2.24, 2.45) is 11.8 Å². The fourth-order valence-electron chi connectivity index (χ4n) is 5.50. The van der Waals surface area contributed by atoms with Gasteiger partial charge in [-0.1, -0.05) is 12.1 Å². The Balaban J connectivity index is 1.20. The van der Waals surface area contributed by atoms with E-state index in [9.17, 15) is 18.4 Å². The number of nitrogens with zero attached hydrogens (tertiary/aromatic N) is 7. The fraction of sp³-hybridized carbons (Fsp3) is 0.519. The number of fused-ring (bicyclic) bond motifs is 1. The second-order valence-electron chi connectivity index (χ2n) is 10.6. The first kappa shape index (κ1) is 26.4. The van der Waals surface area contributed by atoms with Crippen LogP contribution >= 0.6 is 0 Å². The van der Waals surface area contributed by atoms with E-state index in [1.54, 1.807) is 42.3 Å². The molecule has 3 saturated heterocycles. The molecule has 13 heteroatoms. The van der Waals surface area contributed by atoms with Gasteiger partial charge in [-0.25, -0.2) is 13.8 Å². The molecule has 40 heavy (non-hydrogen) atoms. The van der Waals surface area contributed by atoms with Gasteiger partial charge in [0.1, 0.15) is 11.6 Å². The van der Waals surface area contributed by atoms with E-state index in [2.05, 4.69) is 15.3 Å². The van der Waals surface area contributed by atoms with Crippen LogP contribution in [-0.2, 0) is 14.3 Å². The van der Waals surface area contributed by atoms with Gasteiger partial charge in [-0.2, -0.15) is 9.97 Å². The Morgan fingerprint density at radius 1 is 1.12 bits per heavy atom. The number of carbonyl (C=O) groups is 2. The van der Waals surface area contributed by atoms with Crippen LogP contribution in [0.25, 0.3) is 16.9 Å². The second-order valence-corrected chi connectivity index (χ2v) is 10.6. The summed E-state index contributed by atoms with van der Waals surface area (Å²) in [5, 5.41) is 3.35. The highest BCUT2D eigenvalue weighted by molar-refractivity contribution is 5.87. The minimum atomic E-state index is -2.79. The zero-order valence-electron chi connectivity index (χ0n) is 22.3. The van der Waals surface area contributed by atoms with Gasteiger partial charge in [-0.3, -0.25) is 14.2 Å². The van der Waals surface area contributed by atoms with E-state index in [1.807, 2.05) is 9.80 Å². The first-order chi connectivity index (χ1) is 19.4. The highest BCUT2D eigenvalue weighted by Crippen LogP contribution is 2.30. The molecule has 0 radical (unpaired) electrons. The maximum absolute atomic E-state index is 14.1. The molecule has 3 aromatic rings. The lowest BCUT2D eigenvalue weighted by Crippen LogP contribution is -2.55. The molecule has 2 amide bonds. The number of carbonyl (C=O) groups excluding carboxylic acids is 2. The molecule has 3 aliphatic heterocycles. The molecule has 6 rings (SSSR count). The third-order valence-electron chi connectivity index (χ3n) is 7.86. The number of alkyl halides is 2. The quantitative estimate of drug-likeness (QED) is 0.474. The molecule has 1 aromatic carbocycles. The molecule has 3 fully saturated rings. The summed E-state index contributed by atoms with van der Waals surface area (Å²) < 4.78 is 35.0. The molecule has 2 aromatic heterocycles. The zero-order valence-corrected chi connectivity index (χ0v) is 22.3. The number of halogens is 2. The molecule has 0 spiro atoms. The van der Waals surface area contributed by atoms with Crippen LogP contribution in [0.4, 0.5) is 20.5 Å². The van der Waals surface area contributed by atoms with Crippen molar-refractivity contribution >= 4 is 34.6 Å². The number of ether oxygens (including phenoxy) is 1. The van der Waals surface area contributed by atoms with E-state index >= 15 is 0 Å². The van der Waals surface area contributed by atoms with Crippen LogP contribution in [0.5, 0.6) is 0 Å². The predicted molar refractivity (Wildman–Crippen MR) is 144 cm³/mol. The Labute approximate surface area is 230 Å². The standard InChI is InChI=1S/C27H32F2N8O3/c1-34-7-6-18(12-23(34)38)26(39)36-15-17(16-36)14-30-21-13-22(33-27(32-21)35-8-10-40-11-9-35)37-20-5-3-2-4-19(20)31-25(37)24(28)29/h2-5,13,17-18,24H,6-12,14-16H2,1H3,(H,30,32,33). The van der Waals surface area contributed by atoms with Crippen molar-refractivity contribution < 1.29 is 23.1 Å². The molecule has 3 aliphatic rings. The van der Waals surface area contributed by atoms with E-state index in [-0.39, 0.29) is 35.9 Å². The van der Waals surface area contributed by atoms with Crippen molar-refractivity contribution in [3.63, 3.8) is 0 Å². The van der Waals surface area contributed by atoms with Gasteiger partial charge in [0.25, 0.3) is 6.43 Å². The second kappa shape index (κ2) is 11.0. The van der Waals surface area contributed by atoms with Gasteiger partial charge in [0.2, 0.25) is 17.8 Å². The molecule has 11 nitrogen and oxygen atoms in total. The van der Waals surface area contributed by atoms with Crippen molar-refractivity contribution in [3.8, 4) is 5.82 Å². The number of hydrogen-bond acceptors (Lipinski definition) is 8. The number of rotatable bonds is 7. The average Bonchev–Trinajstić information content (AvgIpc) is 3.34. The van der Waals surface area contributed by atoms with Gasteiger partial charge in [-0.05, 0) is 18.6 Å². The van der Waals surface area contributed by atoms with Crippen LogP contribution in [-0.4, -0.2) is 101 Å². The molecule has 1 unspecified atom stereocenters. The summed E-state index contributed by atoms with van der Waals surface area (Å²) in [7, 11) is 1.76. The Kier molecular flexibility index (Phi) is 7.22. The number of benzene rings is 1. The first-order valence-electron chi connectivity index (χ1n) is 13.6. The number of piperidine rings is 1. The fourth-order valence-corrected chi connectivity index (χ4v) is 5.50. The minimum Gasteiger partial charge on any atom is -0.378 e. The van der Waals surface area contributed by atoms with Gasteiger partial charge >= 0.3 is 0 Å². The Bertz CT molecular complexity index is 1400. The lowest BCUT2D eigenvalue weighted by molar-refractivity contribution is -0.148. The molecule has 1 atom stereocenters. The van der Waals surface area contributed by atoms with Crippen LogP contribution in [0.2, 0.25) is 0 Å². The summed E-state index contributed by atoms with van der Waals surface area (Å²) in [4.78, 5) is 43.9. The molecular formula is C27H32F2N8O3. The van der Waals surface area contributed by atoms with Crippen LogP contribution in [0, 0.1) is 11.8 Å². The topological polar surface area (TPSA) is 109 Å². The van der Waals surface area contributed by atoms with Gasteiger partial charge in [0, 0.05) is 70.6 Å². The van der Waals surface area contributed by atoms with Gasteiger partial charge in [0.15, 0.2) is 5.82 Å². The number of aromatic nitrogens is 4. The molecule has 0 bridgehead atoms. The molecule has 0 saturated carbocycles. The number of likely N-dealkylation sites (tertiary alicyclic amines) is 2. The number of amides is 2. The summed E-state index contributed by atoms with van der Waals surface area (Å²) in [6.45, 7) is 4.60. The predicted octanol–water partition coefficient (Wildman–Crippen LogP) is 2.33. The van der Waals surface area contributed by atoms with Crippen molar-refractivity contribution in [3.05, 3.63) is 36.2 Å². The van der Waals surface area contributed by atoms with E-state index in [0.717, 1.165) is 0 Å². The van der Waals surface area contributed by atoms with E-state index in [0.29, 0.717) is 87.5 Å². The van der Waals surface area contributed by atoms with Gasteiger partial charge < -0.3 is 24.8 Å². The van der Waals surface area contributed by atoms with Crippen LogP contribution in [0.1, 0.15) is 25.1 Å². The maximum atomic E-state index is 14.1. The average molecular weight is 555 g/mol. The minimum absolute atomic E-state index is 0.0136. The maximum Gasteiger partial charge on any atom is 0.296 e. The summed E-state index contributed by atoms with van der Waals surface area (Å²) in [5.74, 6) is 0.894. The Hall–Kier alpha value is -3.87. The lowest BCUT2D eigenvalue weighted by Gasteiger charge is -2.42.